The van der Waals surface area contributed by atoms with Gasteiger partial charge in [-0.2, -0.15) is 0 Å². The van der Waals surface area contributed by atoms with Crippen LogP contribution in [0.3, 0.4) is 0 Å². The maximum Gasteiger partial charge on any atom is 0.319 e. The first-order valence-corrected chi connectivity index (χ1v) is 8.86. The van der Waals surface area contributed by atoms with Crippen molar-refractivity contribution in [2.75, 3.05) is 19.5 Å². The van der Waals surface area contributed by atoms with Crippen molar-refractivity contribution in [3.05, 3.63) is 78.1 Å². The largest absolute Gasteiger partial charge is 0.497 e. The lowest BCUT2D eigenvalue weighted by Crippen LogP contribution is -2.28. The van der Waals surface area contributed by atoms with E-state index >= 15 is 0 Å². The molecule has 0 radical (unpaired) electrons. The second-order valence-corrected chi connectivity index (χ2v) is 6.08. The number of methoxy groups -OCH3 is 2. The molecule has 0 bridgehead atoms. The maximum atomic E-state index is 13.0. The Kier molecular flexibility index (Phi) is 6.52. The van der Waals surface area contributed by atoms with Crippen molar-refractivity contribution < 1.29 is 23.4 Å². The van der Waals surface area contributed by atoms with Crippen LogP contribution in [-0.4, -0.2) is 20.3 Å². The van der Waals surface area contributed by atoms with Crippen molar-refractivity contribution >= 4 is 11.7 Å². The third-order valence-corrected chi connectivity index (χ3v) is 4.06. The number of hydrogen-bond acceptors (Lipinski definition) is 4. The molecule has 0 aliphatic carbocycles. The van der Waals surface area contributed by atoms with E-state index in [4.69, 9.17) is 14.2 Å². The van der Waals surface area contributed by atoms with Gasteiger partial charge < -0.3 is 24.8 Å². The van der Waals surface area contributed by atoms with E-state index in [0.717, 1.165) is 5.56 Å². The fourth-order valence-electron chi connectivity index (χ4n) is 2.61. The first-order valence-electron chi connectivity index (χ1n) is 8.86. The van der Waals surface area contributed by atoms with Crippen molar-refractivity contribution in [3.63, 3.8) is 0 Å². The number of nitrogens with one attached hydrogen (secondary N) is 2. The number of benzene rings is 3. The van der Waals surface area contributed by atoms with Gasteiger partial charge in [0.05, 0.1) is 19.9 Å². The van der Waals surface area contributed by atoms with E-state index in [1.165, 1.54) is 19.2 Å². The molecule has 0 aliphatic rings. The van der Waals surface area contributed by atoms with Crippen LogP contribution in [0.2, 0.25) is 0 Å². The van der Waals surface area contributed by atoms with E-state index < -0.39 is 0 Å². The number of urea groups is 1. The summed E-state index contributed by atoms with van der Waals surface area (Å²) in [6.45, 7) is 0.297. The summed E-state index contributed by atoms with van der Waals surface area (Å²) in [6.07, 6.45) is 0. The van der Waals surface area contributed by atoms with Crippen LogP contribution in [0.4, 0.5) is 14.9 Å². The number of hydrogen-bond donors (Lipinski definition) is 2. The molecule has 0 aliphatic heterocycles. The highest BCUT2D eigenvalue weighted by atomic mass is 19.1. The quantitative estimate of drug-likeness (QED) is 0.592. The predicted molar refractivity (Wildman–Crippen MR) is 108 cm³/mol. The Balaban J connectivity index is 1.58. The lowest BCUT2D eigenvalue weighted by atomic mass is 10.2. The van der Waals surface area contributed by atoms with E-state index in [9.17, 15) is 9.18 Å². The average Bonchev–Trinajstić information content (AvgIpc) is 2.74. The summed E-state index contributed by atoms with van der Waals surface area (Å²) in [5, 5.41) is 5.53. The van der Waals surface area contributed by atoms with Crippen LogP contribution in [-0.2, 0) is 6.54 Å². The number of amides is 2. The molecule has 0 unspecified atom stereocenters. The Morgan fingerprint density at radius 3 is 2.38 bits per heavy atom. The molecular weight excluding hydrogens is 375 g/mol. The van der Waals surface area contributed by atoms with Gasteiger partial charge in [0.1, 0.15) is 28.8 Å². The number of anilines is 1. The molecule has 3 rings (SSSR count). The Bertz CT molecular complexity index is 977. The Morgan fingerprint density at radius 2 is 1.66 bits per heavy atom. The zero-order valence-electron chi connectivity index (χ0n) is 16.1. The van der Waals surface area contributed by atoms with Gasteiger partial charge in [0, 0.05) is 12.6 Å². The predicted octanol–water partition coefficient (Wildman–Crippen LogP) is 4.96. The minimum absolute atomic E-state index is 0.297. The van der Waals surface area contributed by atoms with E-state index in [0.29, 0.717) is 35.2 Å². The number of rotatable bonds is 7. The molecule has 0 saturated heterocycles. The van der Waals surface area contributed by atoms with Crippen LogP contribution in [0.1, 0.15) is 5.56 Å². The smallest absolute Gasteiger partial charge is 0.319 e. The zero-order valence-corrected chi connectivity index (χ0v) is 16.1. The van der Waals surface area contributed by atoms with Crippen molar-refractivity contribution in [3.8, 4) is 23.0 Å². The molecule has 6 nitrogen and oxygen atoms in total. The minimum atomic E-state index is -0.377. The number of carbonyl (C=O) groups excluding carboxylic acids is 1. The average molecular weight is 396 g/mol. The van der Waals surface area contributed by atoms with Gasteiger partial charge in [0.25, 0.3) is 0 Å². The van der Waals surface area contributed by atoms with Gasteiger partial charge in [0.2, 0.25) is 0 Å². The highest BCUT2D eigenvalue weighted by Gasteiger charge is 2.09. The van der Waals surface area contributed by atoms with Crippen LogP contribution < -0.4 is 24.8 Å². The zero-order chi connectivity index (χ0) is 20.6. The van der Waals surface area contributed by atoms with Crippen molar-refractivity contribution in [1.82, 2.24) is 5.32 Å². The lowest BCUT2D eigenvalue weighted by molar-refractivity contribution is 0.251. The first kappa shape index (κ1) is 20.0. The molecule has 2 N–H and O–H groups in total. The number of ether oxygens (including phenoxy) is 3. The molecule has 3 aromatic rings. The summed E-state index contributed by atoms with van der Waals surface area (Å²) in [6, 6.07) is 17.8. The molecule has 0 spiro atoms. The summed E-state index contributed by atoms with van der Waals surface area (Å²) < 4.78 is 29.1. The second-order valence-electron chi connectivity index (χ2n) is 6.08. The summed E-state index contributed by atoms with van der Waals surface area (Å²) in [5.74, 6) is 1.92. The van der Waals surface area contributed by atoms with Gasteiger partial charge in [-0.1, -0.05) is 12.1 Å². The van der Waals surface area contributed by atoms with Crippen LogP contribution in [0.25, 0.3) is 0 Å². The molecule has 0 saturated carbocycles. The van der Waals surface area contributed by atoms with E-state index in [-0.39, 0.29) is 11.8 Å². The third kappa shape index (κ3) is 5.62. The molecule has 150 valence electrons. The molecule has 7 heteroatoms. The minimum Gasteiger partial charge on any atom is -0.497 e. The number of halogens is 1. The van der Waals surface area contributed by atoms with Crippen molar-refractivity contribution in [2.24, 2.45) is 0 Å². The highest BCUT2D eigenvalue weighted by molar-refractivity contribution is 5.91. The molecule has 0 fully saturated rings. The van der Waals surface area contributed by atoms with Crippen LogP contribution >= 0.6 is 0 Å². The molecular formula is C22H21FN2O4. The topological polar surface area (TPSA) is 68.8 Å². The van der Waals surface area contributed by atoms with Crippen molar-refractivity contribution in [1.29, 1.82) is 0 Å². The van der Waals surface area contributed by atoms with Gasteiger partial charge in [-0.25, -0.2) is 9.18 Å². The second kappa shape index (κ2) is 9.45. The third-order valence-electron chi connectivity index (χ3n) is 4.06. The molecule has 0 atom stereocenters. The Labute approximate surface area is 168 Å². The maximum absolute atomic E-state index is 13.0. The normalized spacial score (nSPS) is 10.2. The van der Waals surface area contributed by atoms with Crippen LogP contribution in [0.15, 0.2) is 66.7 Å². The summed E-state index contributed by atoms with van der Waals surface area (Å²) in [5.41, 5.74) is 1.38. The molecule has 29 heavy (non-hydrogen) atoms. The molecule has 0 aromatic heterocycles. The Morgan fingerprint density at radius 1 is 0.897 bits per heavy atom. The standard InChI is InChI=1S/C22H21FN2O4/c1-27-18-10-11-20(21(13-18)28-2)25-22(26)24-14-15-4-3-5-19(12-15)29-17-8-6-16(23)7-9-17/h3-13H,14H2,1-2H3,(H2,24,25,26). The van der Waals surface area contributed by atoms with Gasteiger partial charge in [-0.3, -0.25) is 0 Å². The lowest BCUT2D eigenvalue weighted by Gasteiger charge is -2.13. The van der Waals surface area contributed by atoms with E-state index in [1.807, 2.05) is 12.1 Å². The van der Waals surface area contributed by atoms with Gasteiger partial charge in [0.15, 0.2) is 0 Å². The first-order chi connectivity index (χ1) is 14.1. The summed E-state index contributed by atoms with van der Waals surface area (Å²) >= 11 is 0. The van der Waals surface area contributed by atoms with Gasteiger partial charge >= 0.3 is 6.03 Å². The van der Waals surface area contributed by atoms with Gasteiger partial charge in [-0.05, 0) is 54.1 Å². The Hall–Kier alpha value is -3.74. The monoisotopic (exact) mass is 396 g/mol. The van der Waals surface area contributed by atoms with E-state index in [1.54, 1.807) is 49.6 Å². The molecule has 0 heterocycles. The summed E-state index contributed by atoms with van der Waals surface area (Å²) in [7, 11) is 3.08. The molecule has 3 aromatic carbocycles. The number of carbonyl (C=O) groups is 1. The summed E-state index contributed by atoms with van der Waals surface area (Å²) in [4.78, 5) is 12.2. The van der Waals surface area contributed by atoms with Crippen LogP contribution in [0, 0.1) is 5.82 Å². The molecule has 2 amide bonds. The van der Waals surface area contributed by atoms with E-state index in [2.05, 4.69) is 10.6 Å². The fourth-order valence-corrected chi connectivity index (χ4v) is 2.61. The SMILES string of the molecule is COc1ccc(NC(=O)NCc2cccc(Oc3ccc(F)cc3)c2)c(OC)c1. The highest BCUT2D eigenvalue weighted by Crippen LogP contribution is 2.29. The van der Waals surface area contributed by atoms with Gasteiger partial charge in [-0.15, -0.1) is 0 Å². The van der Waals surface area contributed by atoms with Crippen LogP contribution in [0.5, 0.6) is 23.0 Å². The fraction of sp³-hybridized carbons (Fsp3) is 0.136. The van der Waals surface area contributed by atoms with Crippen molar-refractivity contribution in [2.45, 2.75) is 6.54 Å².